The maximum absolute atomic E-state index is 12.3. The summed E-state index contributed by atoms with van der Waals surface area (Å²) in [6.45, 7) is 1.46. The van der Waals surface area contributed by atoms with E-state index in [4.69, 9.17) is 5.11 Å². The number of aliphatic carboxylic acids is 1. The smallest absolute Gasteiger partial charge is 0.450 e. The number of allylic oxidation sites excluding steroid dienone is 1. The number of carbonyl (C=O) groups is 1. The third kappa shape index (κ3) is 2.34. The van der Waals surface area contributed by atoms with Crippen molar-refractivity contribution in [3.63, 3.8) is 0 Å². The fourth-order valence-electron chi connectivity index (χ4n) is 0.909. The van der Waals surface area contributed by atoms with Gasteiger partial charge in [-0.2, -0.15) is 13.2 Å². The SMILES string of the molecule is CC1CSC(C(=O)O)=C(C(F)(F)F)O1. The van der Waals surface area contributed by atoms with Gasteiger partial charge in [0.1, 0.15) is 11.0 Å². The van der Waals surface area contributed by atoms with E-state index >= 15 is 0 Å². The van der Waals surface area contributed by atoms with Gasteiger partial charge in [0.2, 0.25) is 5.76 Å². The molecule has 0 aliphatic carbocycles. The fourth-order valence-corrected chi connectivity index (χ4v) is 1.80. The monoisotopic (exact) mass is 228 g/mol. The van der Waals surface area contributed by atoms with Crippen molar-refractivity contribution >= 4 is 17.7 Å². The normalized spacial score (nSPS) is 23.3. The number of carboxylic acid groups (broad SMARTS) is 1. The maximum Gasteiger partial charge on any atom is 0.450 e. The van der Waals surface area contributed by atoms with Gasteiger partial charge >= 0.3 is 12.1 Å². The first-order valence-electron chi connectivity index (χ1n) is 3.66. The standard InChI is InChI=1S/C7H7F3O3S/c1-3-2-14-4(6(11)12)5(13-3)7(8,9)10/h3H,2H2,1H3,(H,11,12). The Labute approximate surface area is 81.9 Å². The number of halogens is 3. The fraction of sp³-hybridized carbons (Fsp3) is 0.571. The molecule has 1 unspecified atom stereocenters. The van der Waals surface area contributed by atoms with Crippen molar-refractivity contribution < 1.29 is 27.8 Å². The lowest BCUT2D eigenvalue weighted by molar-refractivity contribution is -0.144. The first kappa shape index (κ1) is 11.2. The number of hydrogen-bond donors (Lipinski definition) is 1. The molecule has 1 rings (SSSR count). The molecule has 7 heteroatoms. The molecule has 0 saturated carbocycles. The second kappa shape index (κ2) is 3.72. The van der Waals surface area contributed by atoms with Crippen LogP contribution in [-0.4, -0.2) is 29.1 Å². The predicted octanol–water partition coefficient (Wildman–Crippen LogP) is 2.00. The molecule has 1 aliphatic heterocycles. The number of alkyl halides is 3. The number of ether oxygens (including phenoxy) is 1. The molecule has 1 N–H and O–H groups in total. The molecule has 0 radical (unpaired) electrons. The lowest BCUT2D eigenvalue weighted by atomic mass is 10.4. The first-order chi connectivity index (χ1) is 6.32. The van der Waals surface area contributed by atoms with Crippen LogP contribution in [0.5, 0.6) is 0 Å². The Kier molecular flexibility index (Phi) is 2.98. The summed E-state index contributed by atoms with van der Waals surface area (Å²) in [6.07, 6.45) is -5.37. The van der Waals surface area contributed by atoms with Crippen LogP contribution in [0.15, 0.2) is 10.7 Å². The van der Waals surface area contributed by atoms with Gasteiger partial charge in [-0.05, 0) is 6.92 Å². The molecule has 0 aromatic heterocycles. The van der Waals surface area contributed by atoms with Gasteiger partial charge < -0.3 is 9.84 Å². The number of thioether (sulfide) groups is 1. The Morgan fingerprint density at radius 1 is 1.64 bits per heavy atom. The molecule has 0 aromatic rings. The van der Waals surface area contributed by atoms with Gasteiger partial charge in [-0.15, -0.1) is 11.8 Å². The van der Waals surface area contributed by atoms with E-state index < -0.39 is 28.9 Å². The third-order valence-corrected chi connectivity index (χ3v) is 2.72. The zero-order chi connectivity index (χ0) is 10.9. The van der Waals surface area contributed by atoms with Crippen LogP contribution in [0.1, 0.15) is 6.92 Å². The minimum Gasteiger partial charge on any atom is -0.484 e. The lowest BCUT2D eigenvalue weighted by Crippen LogP contribution is -2.28. The maximum atomic E-state index is 12.3. The highest BCUT2D eigenvalue weighted by Gasteiger charge is 2.43. The van der Waals surface area contributed by atoms with E-state index in [0.717, 1.165) is 0 Å². The molecule has 14 heavy (non-hydrogen) atoms. The van der Waals surface area contributed by atoms with Crippen molar-refractivity contribution in [1.29, 1.82) is 0 Å². The lowest BCUT2D eigenvalue weighted by Gasteiger charge is -2.25. The second-order valence-corrected chi connectivity index (χ2v) is 3.73. The van der Waals surface area contributed by atoms with Crippen LogP contribution in [0.4, 0.5) is 13.2 Å². The Bertz CT molecular complexity index is 284. The molecule has 0 spiro atoms. The molecule has 80 valence electrons. The number of carboxylic acids is 1. The summed E-state index contributed by atoms with van der Waals surface area (Å²) in [5.74, 6) is -2.79. The van der Waals surface area contributed by atoms with Gasteiger partial charge in [-0.3, -0.25) is 0 Å². The van der Waals surface area contributed by atoms with Crippen LogP contribution in [0.2, 0.25) is 0 Å². The molecule has 3 nitrogen and oxygen atoms in total. The average molecular weight is 228 g/mol. The zero-order valence-electron chi connectivity index (χ0n) is 7.09. The van der Waals surface area contributed by atoms with Gasteiger partial charge in [-0.1, -0.05) is 0 Å². The van der Waals surface area contributed by atoms with Crippen LogP contribution in [-0.2, 0) is 9.53 Å². The molecular weight excluding hydrogens is 221 g/mol. The molecule has 0 bridgehead atoms. The summed E-state index contributed by atoms with van der Waals surface area (Å²) in [4.78, 5) is 9.69. The topological polar surface area (TPSA) is 46.5 Å². The number of hydrogen-bond acceptors (Lipinski definition) is 3. The van der Waals surface area contributed by atoms with Crippen molar-refractivity contribution in [2.24, 2.45) is 0 Å². The molecule has 0 fully saturated rings. The minimum absolute atomic E-state index is 0.210. The summed E-state index contributed by atoms with van der Waals surface area (Å²) in [5, 5.41) is 8.50. The summed E-state index contributed by atoms with van der Waals surface area (Å²) < 4.78 is 41.3. The van der Waals surface area contributed by atoms with Gasteiger partial charge in [0.05, 0.1) is 0 Å². The van der Waals surface area contributed by atoms with Crippen LogP contribution < -0.4 is 0 Å². The van der Waals surface area contributed by atoms with Gasteiger partial charge in [0.15, 0.2) is 0 Å². The van der Waals surface area contributed by atoms with E-state index in [1.807, 2.05) is 0 Å². The van der Waals surface area contributed by atoms with Crippen molar-refractivity contribution in [2.75, 3.05) is 5.75 Å². The summed E-state index contributed by atoms with van der Waals surface area (Å²) >= 11 is 0.649. The summed E-state index contributed by atoms with van der Waals surface area (Å²) in [5.41, 5.74) is 0. The Morgan fingerprint density at radius 3 is 2.64 bits per heavy atom. The minimum atomic E-state index is -4.74. The highest BCUT2D eigenvalue weighted by atomic mass is 32.2. The van der Waals surface area contributed by atoms with Gasteiger partial charge in [0, 0.05) is 5.75 Å². The summed E-state index contributed by atoms with van der Waals surface area (Å²) in [7, 11) is 0. The van der Waals surface area contributed by atoms with E-state index in [-0.39, 0.29) is 5.75 Å². The molecular formula is C7H7F3O3S. The predicted molar refractivity (Wildman–Crippen MR) is 43.7 cm³/mol. The van der Waals surface area contributed by atoms with Crippen molar-refractivity contribution in [3.8, 4) is 0 Å². The van der Waals surface area contributed by atoms with Crippen LogP contribution in [0, 0.1) is 0 Å². The largest absolute Gasteiger partial charge is 0.484 e. The van der Waals surface area contributed by atoms with Crippen molar-refractivity contribution in [3.05, 3.63) is 10.7 Å². The Balaban J connectivity index is 3.07. The van der Waals surface area contributed by atoms with Crippen LogP contribution in [0.3, 0.4) is 0 Å². The Hall–Kier alpha value is -0.850. The second-order valence-electron chi connectivity index (χ2n) is 2.70. The van der Waals surface area contributed by atoms with E-state index in [9.17, 15) is 18.0 Å². The van der Waals surface area contributed by atoms with Gasteiger partial charge in [0.25, 0.3) is 0 Å². The van der Waals surface area contributed by atoms with Crippen LogP contribution >= 0.6 is 11.8 Å². The quantitative estimate of drug-likeness (QED) is 0.745. The molecule has 1 atom stereocenters. The zero-order valence-corrected chi connectivity index (χ0v) is 7.91. The van der Waals surface area contributed by atoms with E-state index in [1.54, 1.807) is 0 Å². The molecule has 1 aliphatic rings. The van der Waals surface area contributed by atoms with E-state index in [1.165, 1.54) is 6.92 Å². The average Bonchev–Trinajstić information content (AvgIpc) is 2.01. The van der Waals surface area contributed by atoms with Crippen molar-refractivity contribution in [2.45, 2.75) is 19.2 Å². The highest BCUT2D eigenvalue weighted by Crippen LogP contribution is 2.38. The molecule has 1 heterocycles. The third-order valence-electron chi connectivity index (χ3n) is 1.44. The highest BCUT2D eigenvalue weighted by molar-refractivity contribution is 8.04. The molecule has 0 saturated heterocycles. The summed E-state index contributed by atoms with van der Waals surface area (Å²) in [6, 6.07) is 0. The van der Waals surface area contributed by atoms with E-state index in [0.29, 0.717) is 11.8 Å². The van der Waals surface area contributed by atoms with Crippen LogP contribution in [0.25, 0.3) is 0 Å². The molecule has 0 amide bonds. The Morgan fingerprint density at radius 2 is 2.21 bits per heavy atom. The van der Waals surface area contributed by atoms with Gasteiger partial charge in [-0.25, -0.2) is 4.79 Å². The first-order valence-corrected chi connectivity index (χ1v) is 4.65. The molecule has 0 aromatic carbocycles. The number of rotatable bonds is 1. The van der Waals surface area contributed by atoms with Crippen molar-refractivity contribution in [1.82, 2.24) is 0 Å². The van der Waals surface area contributed by atoms with E-state index in [2.05, 4.69) is 4.74 Å².